The van der Waals surface area contributed by atoms with Crippen LogP contribution in [0.2, 0.25) is 0 Å². The normalized spacial score (nSPS) is 11.4. The molecule has 0 saturated heterocycles. The van der Waals surface area contributed by atoms with E-state index in [1.54, 1.807) is 30.3 Å². The number of methoxy groups -OCH3 is 1. The second-order valence-corrected chi connectivity index (χ2v) is 8.29. The van der Waals surface area contributed by atoms with Crippen LogP contribution in [0.3, 0.4) is 0 Å². The van der Waals surface area contributed by atoms with Crippen molar-refractivity contribution in [3.63, 3.8) is 0 Å². The quantitative estimate of drug-likeness (QED) is 0.337. The van der Waals surface area contributed by atoms with E-state index in [0.29, 0.717) is 35.6 Å². The van der Waals surface area contributed by atoms with Crippen LogP contribution in [0, 0.1) is 17.1 Å². The fraction of sp³-hybridized carbons (Fsp3) is 0.310. The van der Waals surface area contributed by atoms with Gasteiger partial charge in [0, 0.05) is 17.7 Å². The second kappa shape index (κ2) is 12.6. The highest BCUT2D eigenvalue weighted by molar-refractivity contribution is 5.82. The molecule has 3 rings (SSSR count). The zero-order chi connectivity index (χ0) is 25.2. The number of ether oxygens (including phenoxy) is 2. The van der Waals surface area contributed by atoms with Crippen molar-refractivity contribution in [1.82, 2.24) is 0 Å². The molecule has 0 aliphatic heterocycles. The lowest BCUT2D eigenvalue weighted by molar-refractivity contribution is -0.141. The summed E-state index contributed by atoms with van der Waals surface area (Å²) in [7, 11) is 1.36. The number of hydrogen-bond donors (Lipinski definition) is 1. The van der Waals surface area contributed by atoms with E-state index >= 15 is 0 Å². The SMILES string of the molecule is CCCc1cc(CC)cc(C(Nc2ccc(C#N)cc2)C(=O)OC)c1OCCc1cccc(F)c1. The largest absolute Gasteiger partial charge is 0.493 e. The number of carbonyl (C=O) groups excluding carboxylic acids is 1. The molecule has 1 N–H and O–H groups in total. The number of benzene rings is 3. The van der Waals surface area contributed by atoms with Gasteiger partial charge < -0.3 is 14.8 Å². The van der Waals surface area contributed by atoms with E-state index in [0.717, 1.165) is 36.0 Å². The molecule has 35 heavy (non-hydrogen) atoms. The van der Waals surface area contributed by atoms with Gasteiger partial charge in [0.15, 0.2) is 6.04 Å². The standard InChI is InChI=1S/C29H31FN2O3/c1-4-7-23-16-20(5-2)18-26(28(23)35-15-14-21-8-6-9-24(30)17-21)27(29(33)34-3)32-25-12-10-22(19-31)11-13-25/h6,8-13,16-18,27,32H,4-5,7,14-15H2,1-3H3. The van der Waals surface area contributed by atoms with E-state index in [-0.39, 0.29) is 5.82 Å². The molecule has 0 spiro atoms. The first kappa shape index (κ1) is 25.8. The minimum absolute atomic E-state index is 0.278. The molecule has 0 amide bonds. The predicted molar refractivity (Wildman–Crippen MR) is 135 cm³/mol. The van der Waals surface area contributed by atoms with Crippen molar-refractivity contribution < 1.29 is 18.7 Å². The Morgan fingerprint density at radius 2 is 1.83 bits per heavy atom. The molecule has 0 fully saturated rings. The number of rotatable bonds is 11. The third-order valence-electron chi connectivity index (χ3n) is 5.78. The topological polar surface area (TPSA) is 71.4 Å². The molecule has 6 heteroatoms. The Morgan fingerprint density at radius 1 is 1.06 bits per heavy atom. The van der Waals surface area contributed by atoms with Gasteiger partial charge in [0.05, 0.1) is 25.3 Å². The van der Waals surface area contributed by atoms with Gasteiger partial charge in [-0.3, -0.25) is 0 Å². The molecule has 0 aliphatic carbocycles. The predicted octanol–water partition coefficient (Wildman–Crippen LogP) is 6.16. The van der Waals surface area contributed by atoms with Gasteiger partial charge in [-0.15, -0.1) is 0 Å². The number of halogens is 1. The highest BCUT2D eigenvalue weighted by Crippen LogP contribution is 2.35. The maximum Gasteiger partial charge on any atom is 0.333 e. The average Bonchev–Trinajstić information content (AvgIpc) is 2.88. The van der Waals surface area contributed by atoms with Crippen LogP contribution in [-0.4, -0.2) is 19.7 Å². The van der Waals surface area contributed by atoms with Gasteiger partial charge in [-0.25, -0.2) is 9.18 Å². The Balaban J connectivity index is 1.99. The zero-order valence-corrected chi connectivity index (χ0v) is 20.4. The number of carbonyl (C=O) groups is 1. The number of hydrogen-bond acceptors (Lipinski definition) is 5. The van der Waals surface area contributed by atoms with Crippen LogP contribution in [0.25, 0.3) is 0 Å². The average molecular weight is 475 g/mol. The van der Waals surface area contributed by atoms with Crippen molar-refractivity contribution in [2.75, 3.05) is 19.0 Å². The number of esters is 1. The van der Waals surface area contributed by atoms with Crippen molar-refractivity contribution in [3.8, 4) is 11.8 Å². The first-order valence-electron chi connectivity index (χ1n) is 11.9. The van der Waals surface area contributed by atoms with Gasteiger partial charge >= 0.3 is 5.97 Å². The lowest BCUT2D eigenvalue weighted by Gasteiger charge is -2.24. The number of nitrogens with zero attached hydrogens (tertiary/aromatic N) is 1. The van der Waals surface area contributed by atoms with Crippen LogP contribution in [0.4, 0.5) is 10.1 Å². The fourth-order valence-corrected chi connectivity index (χ4v) is 3.98. The van der Waals surface area contributed by atoms with Gasteiger partial charge in [-0.05, 0) is 72.0 Å². The summed E-state index contributed by atoms with van der Waals surface area (Å²) in [4.78, 5) is 13.0. The van der Waals surface area contributed by atoms with E-state index in [2.05, 4.69) is 31.3 Å². The highest BCUT2D eigenvalue weighted by Gasteiger charge is 2.27. The van der Waals surface area contributed by atoms with Crippen LogP contribution < -0.4 is 10.1 Å². The third-order valence-corrected chi connectivity index (χ3v) is 5.78. The molecule has 0 bridgehead atoms. The first-order chi connectivity index (χ1) is 17.0. The minimum Gasteiger partial charge on any atom is -0.493 e. The van der Waals surface area contributed by atoms with Crippen molar-refractivity contribution in [3.05, 3.63) is 94.3 Å². The maximum atomic E-state index is 13.6. The number of nitrogens with one attached hydrogen (secondary N) is 1. The lowest BCUT2D eigenvalue weighted by Crippen LogP contribution is -2.24. The third kappa shape index (κ3) is 6.83. The number of anilines is 1. The summed E-state index contributed by atoms with van der Waals surface area (Å²) < 4.78 is 25.0. The Morgan fingerprint density at radius 3 is 2.46 bits per heavy atom. The van der Waals surface area contributed by atoms with Gasteiger partial charge in [-0.1, -0.05) is 38.5 Å². The summed E-state index contributed by atoms with van der Waals surface area (Å²) >= 11 is 0. The molecule has 0 aliphatic rings. The molecular weight excluding hydrogens is 443 g/mol. The van der Waals surface area contributed by atoms with Gasteiger partial charge in [0.2, 0.25) is 0 Å². The molecule has 182 valence electrons. The number of aryl methyl sites for hydroxylation is 2. The van der Waals surface area contributed by atoms with Gasteiger partial charge in [0.1, 0.15) is 11.6 Å². The summed E-state index contributed by atoms with van der Waals surface area (Å²) in [6.07, 6.45) is 3.04. The maximum absolute atomic E-state index is 13.6. The monoisotopic (exact) mass is 474 g/mol. The van der Waals surface area contributed by atoms with E-state index in [4.69, 9.17) is 14.7 Å². The first-order valence-corrected chi connectivity index (χ1v) is 11.9. The molecule has 0 saturated carbocycles. The van der Waals surface area contributed by atoms with E-state index in [1.807, 2.05) is 12.1 Å². The van der Waals surface area contributed by atoms with E-state index < -0.39 is 12.0 Å². The van der Waals surface area contributed by atoms with Crippen LogP contribution in [0.5, 0.6) is 5.75 Å². The lowest BCUT2D eigenvalue weighted by atomic mass is 9.95. The van der Waals surface area contributed by atoms with Crippen LogP contribution in [-0.2, 0) is 28.8 Å². The minimum atomic E-state index is -0.806. The van der Waals surface area contributed by atoms with Crippen LogP contribution in [0.1, 0.15) is 54.1 Å². The molecule has 0 radical (unpaired) electrons. The Hall–Kier alpha value is -3.85. The highest BCUT2D eigenvalue weighted by atomic mass is 19.1. The van der Waals surface area contributed by atoms with Gasteiger partial charge in [-0.2, -0.15) is 5.26 Å². The zero-order valence-electron chi connectivity index (χ0n) is 20.4. The Kier molecular flexibility index (Phi) is 9.25. The Labute approximate surface area is 206 Å². The smallest absolute Gasteiger partial charge is 0.333 e. The molecule has 5 nitrogen and oxygen atoms in total. The van der Waals surface area contributed by atoms with Crippen molar-refractivity contribution in [1.29, 1.82) is 5.26 Å². The molecule has 0 aromatic heterocycles. The van der Waals surface area contributed by atoms with E-state index in [1.165, 1.54) is 19.2 Å². The van der Waals surface area contributed by atoms with Crippen LogP contribution in [0.15, 0.2) is 60.7 Å². The molecule has 3 aromatic rings. The molecule has 0 heterocycles. The summed E-state index contributed by atoms with van der Waals surface area (Å²) in [5.74, 6) is -0.0726. The van der Waals surface area contributed by atoms with Gasteiger partial charge in [0.25, 0.3) is 0 Å². The van der Waals surface area contributed by atoms with Crippen molar-refractivity contribution in [2.45, 2.75) is 45.6 Å². The summed E-state index contributed by atoms with van der Waals surface area (Å²) in [6.45, 7) is 4.51. The van der Waals surface area contributed by atoms with E-state index in [9.17, 15) is 9.18 Å². The Bertz CT molecular complexity index is 1190. The molecular formula is C29H31FN2O3. The molecule has 1 unspecified atom stereocenters. The van der Waals surface area contributed by atoms with Crippen molar-refractivity contribution >= 4 is 11.7 Å². The number of nitriles is 1. The summed E-state index contributed by atoms with van der Waals surface area (Å²) in [6, 6.07) is 18.8. The fourth-order valence-electron chi connectivity index (χ4n) is 3.98. The summed E-state index contributed by atoms with van der Waals surface area (Å²) in [5.41, 5.74) is 4.87. The van der Waals surface area contributed by atoms with Crippen LogP contribution >= 0.6 is 0 Å². The molecule has 1 atom stereocenters. The van der Waals surface area contributed by atoms with Crippen molar-refractivity contribution in [2.24, 2.45) is 0 Å². The summed E-state index contributed by atoms with van der Waals surface area (Å²) in [5, 5.41) is 12.3. The molecule has 3 aromatic carbocycles. The second-order valence-electron chi connectivity index (χ2n) is 8.29.